The number of amides is 2. The maximum atomic E-state index is 12.5. The molecule has 0 aromatic heterocycles. The van der Waals surface area contributed by atoms with Gasteiger partial charge in [-0.05, 0) is 29.9 Å². The van der Waals surface area contributed by atoms with Crippen LogP contribution in [0.25, 0.3) is 6.08 Å². The Labute approximate surface area is 157 Å². The maximum absolute atomic E-state index is 12.5. The molecule has 0 bridgehead atoms. The minimum Gasteiger partial charge on any atom is -0.267 e. The standard InChI is InChI=1S/C17H11N3O4S2/c21-15(12-7-4-8-13(10-12)20(23)24)18-19-16(22)14(26-17(19)25)9-11-5-2-1-3-6-11/h1-10H,(H,18,21). The number of hydrogen-bond acceptors (Lipinski definition) is 6. The minimum absolute atomic E-state index is 0.0558. The van der Waals surface area contributed by atoms with E-state index in [9.17, 15) is 19.7 Å². The average molecular weight is 385 g/mol. The van der Waals surface area contributed by atoms with E-state index in [1.165, 1.54) is 18.2 Å². The predicted molar refractivity (Wildman–Crippen MR) is 102 cm³/mol. The minimum atomic E-state index is -0.661. The van der Waals surface area contributed by atoms with Gasteiger partial charge in [0.1, 0.15) is 0 Å². The first-order chi connectivity index (χ1) is 12.5. The number of benzene rings is 2. The topological polar surface area (TPSA) is 92.6 Å². The summed E-state index contributed by atoms with van der Waals surface area (Å²) in [6.07, 6.45) is 1.68. The molecule has 1 N–H and O–H groups in total. The number of carbonyl (C=O) groups excluding carboxylic acids is 2. The molecule has 3 rings (SSSR count). The van der Waals surface area contributed by atoms with Gasteiger partial charge in [-0.15, -0.1) is 0 Å². The quantitative estimate of drug-likeness (QED) is 0.376. The average Bonchev–Trinajstić information content (AvgIpc) is 2.90. The van der Waals surface area contributed by atoms with Crippen LogP contribution in [0, 0.1) is 10.1 Å². The van der Waals surface area contributed by atoms with Gasteiger partial charge in [0.15, 0.2) is 4.32 Å². The van der Waals surface area contributed by atoms with Crippen LogP contribution in [0.5, 0.6) is 0 Å². The van der Waals surface area contributed by atoms with E-state index in [0.29, 0.717) is 4.91 Å². The molecule has 1 fully saturated rings. The summed E-state index contributed by atoms with van der Waals surface area (Å²) >= 11 is 6.22. The van der Waals surface area contributed by atoms with Crippen molar-refractivity contribution in [3.63, 3.8) is 0 Å². The van der Waals surface area contributed by atoms with Crippen molar-refractivity contribution in [2.24, 2.45) is 0 Å². The van der Waals surface area contributed by atoms with Crippen LogP contribution in [0.2, 0.25) is 0 Å². The summed E-state index contributed by atoms with van der Waals surface area (Å²) in [5, 5.41) is 11.8. The number of nitrogens with one attached hydrogen (secondary N) is 1. The number of nitrogens with zero attached hydrogens (tertiary/aromatic N) is 2. The number of nitro groups is 1. The maximum Gasteiger partial charge on any atom is 0.285 e. The van der Waals surface area contributed by atoms with Gasteiger partial charge in [-0.2, -0.15) is 5.01 Å². The van der Waals surface area contributed by atoms with Crippen LogP contribution < -0.4 is 5.43 Å². The highest BCUT2D eigenvalue weighted by Gasteiger charge is 2.33. The van der Waals surface area contributed by atoms with E-state index in [2.05, 4.69) is 5.43 Å². The summed E-state index contributed by atoms with van der Waals surface area (Å²) < 4.78 is 0.177. The Kier molecular flexibility index (Phi) is 5.10. The second-order valence-electron chi connectivity index (χ2n) is 5.18. The van der Waals surface area contributed by atoms with Crippen molar-refractivity contribution in [2.45, 2.75) is 0 Å². The number of non-ortho nitro benzene ring substituents is 1. The molecule has 0 saturated carbocycles. The summed E-state index contributed by atoms with van der Waals surface area (Å²) in [6, 6.07) is 14.5. The third-order valence-corrected chi connectivity index (χ3v) is 4.73. The SMILES string of the molecule is O=C(NN1C(=O)C(=Cc2ccccc2)SC1=S)c1cccc([N+](=O)[O-])c1. The molecule has 26 heavy (non-hydrogen) atoms. The molecule has 7 nitrogen and oxygen atoms in total. The van der Waals surface area contributed by atoms with Crippen LogP contribution in [0.15, 0.2) is 59.5 Å². The number of thioether (sulfide) groups is 1. The zero-order chi connectivity index (χ0) is 18.7. The summed E-state index contributed by atoms with van der Waals surface area (Å²) in [4.78, 5) is 35.4. The van der Waals surface area contributed by atoms with Gasteiger partial charge in [0.2, 0.25) is 0 Å². The van der Waals surface area contributed by atoms with Crippen LogP contribution >= 0.6 is 24.0 Å². The molecule has 1 heterocycles. The molecule has 2 amide bonds. The molecular formula is C17H11N3O4S2. The van der Waals surface area contributed by atoms with Crippen molar-refractivity contribution in [1.29, 1.82) is 0 Å². The van der Waals surface area contributed by atoms with Crippen molar-refractivity contribution < 1.29 is 14.5 Å². The van der Waals surface area contributed by atoms with Gasteiger partial charge in [0.25, 0.3) is 17.5 Å². The van der Waals surface area contributed by atoms with Gasteiger partial charge in [0, 0.05) is 17.7 Å². The number of hydrazine groups is 1. The molecule has 0 unspecified atom stereocenters. The molecule has 2 aromatic carbocycles. The lowest BCUT2D eigenvalue weighted by atomic mass is 10.2. The van der Waals surface area contributed by atoms with E-state index in [0.717, 1.165) is 28.4 Å². The lowest BCUT2D eigenvalue weighted by molar-refractivity contribution is -0.384. The monoisotopic (exact) mass is 385 g/mol. The van der Waals surface area contributed by atoms with Gasteiger partial charge in [-0.1, -0.05) is 48.2 Å². The first-order valence-electron chi connectivity index (χ1n) is 7.34. The van der Waals surface area contributed by atoms with Gasteiger partial charge in [0.05, 0.1) is 9.83 Å². The Hall–Kier alpha value is -3.04. The Balaban J connectivity index is 1.78. The fraction of sp³-hybridized carbons (Fsp3) is 0. The van der Waals surface area contributed by atoms with Crippen molar-refractivity contribution in [3.8, 4) is 0 Å². The molecule has 0 atom stereocenters. The van der Waals surface area contributed by atoms with E-state index in [4.69, 9.17) is 12.2 Å². The van der Waals surface area contributed by atoms with Crippen LogP contribution in [0.3, 0.4) is 0 Å². The zero-order valence-corrected chi connectivity index (χ0v) is 14.8. The summed E-state index contributed by atoms with van der Waals surface area (Å²) in [5.74, 6) is -1.12. The largest absolute Gasteiger partial charge is 0.285 e. The van der Waals surface area contributed by atoms with Crippen LogP contribution in [0.4, 0.5) is 5.69 Å². The molecule has 130 valence electrons. The molecule has 1 aliphatic rings. The molecule has 1 aliphatic heterocycles. The fourth-order valence-electron chi connectivity index (χ4n) is 2.19. The number of carbonyl (C=O) groups is 2. The third kappa shape index (κ3) is 3.79. The zero-order valence-electron chi connectivity index (χ0n) is 13.1. The van der Waals surface area contributed by atoms with E-state index in [-0.39, 0.29) is 15.6 Å². The molecule has 1 saturated heterocycles. The van der Waals surface area contributed by atoms with Crippen LogP contribution in [-0.2, 0) is 4.79 Å². The van der Waals surface area contributed by atoms with E-state index < -0.39 is 16.7 Å². The van der Waals surface area contributed by atoms with Gasteiger partial charge < -0.3 is 0 Å². The summed E-state index contributed by atoms with van der Waals surface area (Å²) in [7, 11) is 0. The number of nitro benzene ring substituents is 1. The van der Waals surface area contributed by atoms with Crippen molar-refractivity contribution in [3.05, 3.63) is 80.7 Å². The smallest absolute Gasteiger partial charge is 0.267 e. The Morgan fingerprint density at radius 2 is 1.92 bits per heavy atom. The fourth-order valence-corrected chi connectivity index (χ4v) is 3.37. The van der Waals surface area contributed by atoms with Crippen molar-refractivity contribution >= 4 is 51.9 Å². The Morgan fingerprint density at radius 3 is 2.62 bits per heavy atom. The van der Waals surface area contributed by atoms with Crippen molar-refractivity contribution in [2.75, 3.05) is 0 Å². The first-order valence-corrected chi connectivity index (χ1v) is 8.56. The molecule has 2 aromatic rings. The normalized spacial score (nSPS) is 15.4. The summed E-state index contributed by atoms with van der Waals surface area (Å²) in [6.45, 7) is 0. The number of hydrogen-bond donors (Lipinski definition) is 1. The third-order valence-electron chi connectivity index (χ3n) is 3.42. The van der Waals surface area contributed by atoms with E-state index in [1.807, 2.05) is 30.3 Å². The number of rotatable bonds is 4. The first kappa shape index (κ1) is 17.8. The molecule has 0 aliphatic carbocycles. The Morgan fingerprint density at radius 1 is 1.19 bits per heavy atom. The molecule has 0 radical (unpaired) electrons. The van der Waals surface area contributed by atoms with Gasteiger partial charge in [-0.25, -0.2) is 0 Å². The molecule has 9 heteroatoms. The molecular weight excluding hydrogens is 374 g/mol. The highest BCUT2D eigenvalue weighted by atomic mass is 32.2. The predicted octanol–water partition coefficient (Wildman–Crippen LogP) is 3.14. The van der Waals surface area contributed by atoms with Crippen molar-refractivity contribution in [1.82, 2.24) is 10.4 Å². The van der Waals surface area contributed by atoms with E-state index >= 15 is 0 Å². The lowest BCUT2D eigenvalue weighted by Gasteiger charge is -2.15. The van der Waals surface area contributed by atoms with Gasteiger partial charge in [-0.3, -0.25) is 25.1 Å². The second kappa shape index (κ2) is 7.46. The second-order valence-corrected chi connectivity index (χ2v) is 6.85. The highest BCUT2D eigenvalue weighted by molar-refractivity contribution is 8.26. The van der Waals surface area contributed by atoms with Crippen LogP contribution in [0.1, 0.15) is 15.9 Å². The van der Waals surface area contributed by atoms with E-state index in [1.54, 1.807) is 6.08 Å². The molecule has 0 spiro atoms. The number of thiocarbonyl (C=S) groups is 1. The lowest BCUT2D eigenvalue weighted by Crippen LogP contribution is -2.44. The Bertz CT molecular complexity index is 944. The summed E-state index contributed by atoms with van der Waals surface area (Å²) in [5.41, 5.74) is 3.07. The highest BCUT2D eigenvalue weighted by Crippen LogP contribution is 2.31. The van der Waals surface area contributed by atoms with Gasteiger partial charge >= 0.3 is 0 Å². The van der Waals surface area contributed by atoms with Crippen LogP contribution in [-0.4, -0.2) is 26.1 Å².